The molecule has 0 saturated heterocycles. The molecule has 1 aromatic carbocycles. The summed E-state index contributed by atoms with van der Waals surface area (Å²) in [6.07, 6.45) is 0. The van der Waals surface area contributed by atoms with Gasteiger partial charge in [0.15, 0.2) is 0 Å². The van der Waals surface area contributed by atoms with Crippen LogP contribution in [0.3, 0.4) is 0 Å². The zero-order valence-electron chi connectivity index (χ0n) is 13.0. The van der Waals surface area contributed by atoms with E-state index in [-0.39, 0.29) is 12.2 Å². The summed E-state index contributed by atoms with van der Waals surface area (Å²) >= 11 is 0. The van der Waals surface area contributed by atoms with Gasteiger partial charge in [-0.05, 0) is 25.5 Å². The Bertz CT molecular complexity index is 759. The molecular formula is C16H18O6. The molecule has 6 nitrogen and oxygen atoms in total. The predicted octanol–water partition coefficient (Wildman–Crippen LogP) is 2.22. The van der Waals surface area contributed by atoms with Gasteiger partial charge in [-0.3, -0.25) is 0 Å². The van der Waals surface area contributed by atoms with Crippen LogP contribution in [0, 0.1) is 13.8 Å². The first-order valence-electron chi connectivity index (χ1n) is 6.77. The Balaban J connectivity index is 2.63. The summed E-state index contributed by atoms with van der Waals surface area (Å²) in [7, 11) is 2.85. The second-order valence-corrected chi connectivity index (χ2v) is 4.82. The Labute approximate surface area is 127 Å². The summed E-state index contributed by atoms with van der Waals surface area (Å²) in [5, 5.41) is 0.677. The summed E-state index contributed by atoms with van der Waals surface area (Å²) in [5.41, 5.74) is 1.52. The molecule has 0 aliphatic heterocycles. The van der Waals surface area contributed by atoms with Crippen molar-refractivity contribution in [1.82, 2.24) is 0 Å². The lowest BCUT2D eigenvalue weighted by Crippen LogP contribution is -2.11. The maximum Gasteiger partial charge on any atom is 0.341 e. The number of benzene rings is 1. The summed E-state index contributed by atoms with van der Waals surface area (Å²) in [6, 6.07) is 3.15. The molecule has 2 rings (SSSR count). The van der Waals surface area contributed by atoms with E-state index in [0.717, 1.165) is 5.56 Å². The van der Waals surface area contributed by atoms with Crippen LogP contribution < -0.4 is 10.4 Å². The van der Waals surface area contributed by atoms with Gasteiger partial charge in [0.05, 0.1) is 13.7 Å². The predicted molar refractivity (Wildman–Crippen MR) is 80.7 cm³/mol. The lowest BCUT2D eigenvalue weighted by Gasteiger charge is -2.12. The van der Waals surface area contributed by atoms with E-state index in [1.165, 1.54) is 13.2 Å². The molecule has 1 heterocycles. The van der Waals surface area contributed by atoms with E-state index >= 15 is 0 Å². The molecule has 1 aromatic heterocycles. The number of rotatable bonds is 5. The Hall–Kier alpha value is -2.34. The van der Waals surface area contributed by atoms with Crippen molar-refractivity contribution in [3.05, 3.63) is 39.2 Å². The van der Waals surface area contributed by atoms with Gasteiger partial charge in [-0.2, -0.15) is 0 Å². The number of hydrogen-bond donors (Lipinski definition) is 0. The van der Waals surface area contributed by atoms with E-state index in [1.54, 1.807) is 27.0 Å². The highest BCUT2D eigenvalue weighted by atomic mass is 16.5. The van der Waals surface area contributed by atoms with Crippen LogP contribution in [0.2, 0.25) is 0 Å². The number of methoxy groups -OCH3 is 2. The van der Waals surface area contributed by atoms with Crippen LogP contribution in [0.25, 0.3) is 11.0 Å². The van der Waals surface area contributed by atoms with E-state index in [1.807, 2.05) is 0 Å². The molecule has 0 N–H and O–H groups in total. The molecule has 22 heavy (non-hydrogen) atoms. The second kappa shape index (κ2) is 6.62. The first kappa shape index (κ1) is 16.0. The highest BCUT2D eigenvalue weighted by Gasteiger charge is 2.18. The molecule has 0 spiro atoms. The monoisotopic (exact) mass is 306 g/mol. The molecule has 0 fully saturated rings. The highest BCUT2D eigenvalue weighted by Crippen LogP contribution is 2.29. The van der Waals surface area contributed by atoms with Gasteiger partial charge in [-0.25, -0.2) is 9.59 Å². The molecule has 0 atom stereocenters. The fraction of sp³-hybridized carbons (Fsp3) is 0.375. The largest absolute Gasteiger partial charge is 0.490 e. The van der Waals surface area contributed by atoms with Crippen molar-refractivity contribution in [1.29, 1.82) is 0 Å². The van der Waals surface area contributed by atoms with Crippen LogP contribution in [0.5, 0.6) is 5.75 Å². The summed E-state index contributed by atoms with van der Waals surface area (Å²) in [4.78, 5) is 23.7. The Morgan fingerprint density at radius 3 is 2.50 bits per heavy atom. The SMILES string of the molecule is COCCOc1cc2oc(=O)c(C)c(C)c2cc1C(=O)OC. The van der Waals surface area contributed by atoms with Crippen molar-refractivity contribution in [2.24, 2.45) is 0 Å². The second-order valence-electron chi connectivity index (χ2n) is 4.82. The molecule has 0 radical (unpaired) electrons. The lowest BCUT2D eigenvalue weighted by molar-refractivity contribution is 0.0594. The fourth-order valence-electron chi connectivity index (χ4n) is 2.09. The number of hydrogen-bond acceptors (Lipinski definition) is 6. The zero-order chi connectivity index (χ0) is 16.3. The molecule has 0 unspecified atom stereocenters. The topological polar surface area (TPSA) is 75.0 Å². The van der Waals surface area contributed by atoms with Crippen molar-refractivity contribution in [2.45, 2.75) is 13.8 Å². The third-order valence-electron chi connectivity index (χ3n) is 3.51. The molecule has 2 aromatic rings. The van der Waals surface area contributed by atoms with Gasteiger partial charge in [0.25, 0.3) is 0 Å². The molecule has 0 amide bonds. The maximum absolute atomic E-state index is 11.9. The lowest BCUT2D eigenvalue weighted by atomic mass is 10.0. The van der Waals surface area contributed by atoms with E-state index < -0.39 is 11.6 Å². The van der Waals surface area contributed by atoms with Crippen LogP contribution in [-0.2, 0) is 9.47 Å². The van der Waals surface area contributed by atoms with Crippen LogP contribution in [0.15, 0.2) is 21.3 Å². The van der Waals surface area contributed by atoms with Crippen LogP contribution in [0.4, 0.5) is 0 Å². The fourth-order valence-corrected chi connectivity index (χ4v) is 2.09. The van der Waals surface area contributed by atoms with Crippen molar-refractivity contribution in [2.75, 3.05) is 27.4 Å². The van der Waals surface area contributed by atoms with Gasteiger partial charge in [-0.15, -0.1) is 0 Å². The quantitative estimate of drug-likeness (QED) is 0.479. The Morgan fingerprint density at radius 1 is 1.14 bits per heavy atom. The molecule has 0 bridgehead atoms. The van der Waals surface area contributed by atoms with Crippen LogP contribution in [-0.4, -0.2) is 33.4 Å². The molecule has 0 aliphatic rings. The number of aryl methyl sites for hydroxylation is 1. The Morgan fingerprint density at radius 2 is 1.86 bits per heavy atom. The average molecular weight is 306 g/mol. The van der Waals surface area contributed by atoms with E-state index in [9.17, 15) is 9.59 Å². The van der Waals surface area contributed by atoms with Gasteiger partial charge in [0.2, 0.25) is 0 Å². The third kappa shape index (κ3) is 2.96. The van der Waals surface area contributed by atoms with Gasteiger partial charge in [-0.1, -0.05) is 0 Å². The van der Waals surface area contributed by atoms with Gasteiger partial charge in [0, 0.05) is 24.1 Å². The van der Waals surface area contributed by atoms with E-state index in [4.69, 9.17) is 18.6 Å². The summed E-state index contributed by atoms with van der Waals surface area (Å²) in [6.45, 7) is 4.12. The average Bonchev–Trinajstić information content (AvgIpc) is 2.52. The van der Waals surface area contributed by atoms with Crippen molar-refractivity contribution in [3.63, 3.8) is 0 Å². The minimum Gasteiger partial charge on any atom is -0.490 e. The normalized spacial score (nSPS) is 10.7. The standard InChI is InChI=1S/C16H18O6/c1-9-10(2)15(17)22-14-8-13(21-6-5-19-3)12(7-11(9)14)16(18)20-4/h7-8H,5-6H2,1-4H3. The number of ether oxygens (including phenoxy) is 3. The van der Waals surface area contributed by atoms with E-state index in [0.29, 0.717) is 28.9 Å². The van der Waals surface area contributed by atoms with E-state index in [2.05, 4.69) is 0 Å². The summed E-state index contributed by atoms with van der Waals surface area (Å²) < 4.78 is 20.5. The first-order chi connectivity index (χ1) is 10.5. The number of esters is 1. The highest BCUT2D eigenvalue weighted by molar-refractivity contribution is 5.98. The van der Waals surface area contributed by atoms with Gasteiger partial charge < -0.3 is 18.6 Å². The number of carbonyl (C=O) groups is 1. The molecular weight excluding hydrogens is 288 g/mol. The Kier molecular flexibility index (Phi) is 4.82. The molecule has 0 saturated carbocycles. The molecule has 6 heteroatoms. The molecule has 118 valence electrons. The van der Waals surface area contributed by atoms with Crippen LogP contribution >= 0.6 is 0 Å². The van der Waals surface area contributed by atoms with Gasteiger partial charge >= 0.3 is 11.6 Å². The number of carbonyl (C=O) groups excluding carboxylic acids is 1. The van der Waals surface area contributed by atoms with Crippen LogP contribution in [0.1, 0.15) is 21.5 Å². The van der Waals surface area contributed by atoms with Crippen molar-refractivity contribution >= 4 is 16.9 Å². The maximum atomic E-state index is 11.9. The first-order valence-corrected chi connectivity index (χ1v) is 6.77. The van der Waals surface area contributed by atoms with Crippen molar-refractivity contribution < 1.29 is 23.4 Å². The minimum absolute atomic E-state index is 0.265. The smallest absolute Gasteiger partial charge is 0.341 e. The van der Waals surface area contributed by atoms with Crippen molar-refractivity contribution in [3.8, 4) is 5.75 Å². The zero-order valence-corrected chi connectivity index (χ0v) is 13.0. The molecule has 0 aliphatic carbocycles. The minimum atomic E-state index is -0.516. The third-order valence-corrected chi connectivity index (χ3v) is 3.51. The number of fused-ring (bicyclic) bond motifs is 1. The summed E-state index contributed by atoms with van der Waals surface area (Å²) in [5.74, 6) is -0.222. The van der Waals surface area contributed by atoms with Gasteiger partial charge in [0.1, 0.15) is 23.5 Å².